The fourth-order valence-corrected chi connectivity index (χ4v) is 7.60. The van der Waals surface area contributed by atoms with Gasteiger partial charge in [-0.15, -0.1) is 0 Å². The molecule has 0 heterocycles. The lowest BCUT2D eigenvalue weighted by Crippen LogP contribution is -2.29. The van der Waals surface area contributed by atoms with E-state index in [0.717, 1.165) is 89.9 Å². The number of carbonyl (C=O) groups excluding carboxylic acids is 2. The van der Waals surface area contributed by atoms with Gasteiger partial charge in [0.05, 0.1) is 13.2 Å². The molecular weight excluding hydrogens is 810 g/mol. The van der Waals surface area contributed by atoms with Crippen molar-refractivity contribution in [3.05, 3.63) is 72.9 Å². The topological polar surface area (TPSA) is 134 Å². The molecule has 0 radical (unpaired) electrons. The zero-order chi connectivity index (χ0) is 46.0. The largest absolute Gasteiger partial charge is 0.472 e. The van der Waals surface area contributed by atoms with Crippen molar-refractivity contribution in [2.24, 2.45) is 5.73 Å². The summed E-state index contributed by atoms with van der Waals surface area (Å²) < 4.78 is 32.9. The molecule has 10 heteroatoms. The molecule has 9 nitrogen and oxygen atoms in total. The van der Waals surface area contributed by atoms with Crippen LogP contribution in [0.1, 0.15) is 219 Å². The van der Waals surface area contributed by atoms with Gasteiger partial charge in [0.15, 0.2) is 6.10 Å². The van der Waals surface area contributed by atoms with Crippen molar-refractivity contribution in [2.45, 2.75) is 225 Å². The molecule has 0 aliphatic carbocycles. The minimum absolute atomic E-state index is 0.0481. The van der Waals surface area contributed by atoms with Crippen LogP contribution in [0, 0.1) is 0 Å². The molecule has 2 atom stereocenters. The fraction of sp³-hybridized carbons (Fsp3) is 0.736. The lowest BCUT2D eigenvalue weighted by atomic mass is 10.0. The van der Waals surface area contributed by atoms with Gasteiger partial charge in [0.1, 0.15) is 6.61 Å². The standard InChI is InChI=1S/C53H94NO8P/c1-3-5-7-9-11-13-15-17-19-21-22-23-24-25-26-27-28-30-32-34-36-38-40-42-44-46-53(56)62-51(50-61-63(57,58)60-48-47-54)49-59-52(55)45-43-41-39-37-35-33-31-29-20-18-16-14-12-10-8-6-4-2/h6,8,12,14-15,17-18,20-22,24-25,51H,3-5,7,9-11,13,16,19,23,26-50,54H2,1-2H3,(H,57,58)/b8-6-,14-12-,17-15-,20-18-,22-21-,25-24-. The summed E-state index contributed by atoms with van der Waals surface area (Å²) in [6, 6.07) is 0. The molecule has 0 aromatic carbocycles. The molecule has 0 aromatic rings. The second-order valence-corrected chi connectivity index (χ2v) is 18.1. The molecule has 2 unspecified atom stereocenters. The van der Waals surface area contributed by atoms with Crippen molar-refractivity contribution in [1.29, 1.82) is 0 Å². The van der Waals surface area contributed by atoms with Crippen LogP contribution in [-0.4, -0.2) is 49.3 Å². The van der Waals surface area contributed by atoms with E-state index in [1.165, 1.54) is 96.3 Å². The van der Waals surface area contributed by atoms with Crippen LogP contribution in [0.2, 0.25) is 0 Å². The number of carbonyl (C=O) groups is 2. The first-order valence-electron chi connectivity index (χ1n) is 25.4. The molecule has 0 saturated heterocycles. The van der Waals surface area contributed by atoms with Gasteiger partial charge >= 0.3 is 19.8 Å². The summed E-state index contributed by atoms with van der Waals surface area (Å²) in [5.41, 5.74) is 5.36. The van der Waals surface area contributed by atoms with Gasteiger partial charge in [-0.1, -0.05) is 196 Å². The molecule has 0 amide bonds. The molecule has 0 aliphatic rings. The minimum atomic E-state index is -4.39. The van der Waals surface area contributed by atoms with E-state index >= 15 is 0 Å². The Morgan fingerprint density at radius 2 is 0.873 bits per heavy atom. The summed E-state index contributed by atoms with van der Waals surface area (Å²) in [7, 11) is -4.39. The van der Waals surface area contributed by atoms with Gasteiger partial charge in [-0.3, -0.25) is 18.6 Å². The average molecular weight is 904 g/mol. The lowest BCUT2D eigenvalue weighted by Gasteiger charge is -2.19. The molecule has 0 spiro atoms. The summed E-state index contributed by atoms with van der Waals surface area (Å²) in [6.45, 7) is 3.60. The molecular formula is C53H94NO8P. The quantitative estimate of drug-likeness (QED) is 0.0265. The third kappa shape index (κ3) is 48.7. The zero-order valence-electron chi connectivity index (χ0n) is 40.3. The van der Waals surface area contributed by atoms with Crippen molar-refractivity contribution in [3.8, 4) is 0 Å². The summed E-state index contributed by atoms with van der Waals surface area (Å²) in [5, 5.41) is 0. The van der Waals surface area contributed by atoms with Gasteiger partial charge < -0.3 is 20.1 Å². The first-order chi connectivity index (χ1) is 30.8. The highest BCUT2D eigenvalue weighted by Crippen LogP contribution is 2.43. The van der Waals surface area contributed by atoms with E-state index in [1.807, 2.05) is 0 Å². The number of unbranched alkanes of at least 4 members (excludes halogenated alkanes) is 22. The number of esters is 2. The summed E-state index contributed by atoms with van der Waals surface area (Å²) >= 11 is 0. The van der Waals surface area contributed by atoms with E-state index in [0.29, 0.717) is 6.42 Å². The van der Waals surface area contributed by atoms with Crippen LogP contribution in [0.3, 0.4) is 0 Å². The minimum Gasteiger partial charge on any atom is -0.462 e. The molecule has 3 N–H and O–H groups in total. The van der Waals surface area contributed by atoms with Gasteiger partial charge in [-0.2, -0.15) is 0 Å². The highest BCUT2D eigenvalue weighted by Gasteiger charge is 2.26. The zero-order valence-corrected chi connectivity index (χ0v) is 41.2. The van der Waals surface area contributed by atoms with Crippen LogP contribution < -0.4 is 5.73 Å². The maximum absolute atomic E-state index is 12.7. The van der Waals surface area contributed by atoms with Gasteiger partial charge in [-0.25, -0.2) is 4.57 Å². The highest BCUT2D eigenvalue weighted by atomic mass is 31.2. The Labute approximate surface area is 386 Å². The van der Waals surface area contributed by atoms with Crippen LogP contribution >= 0.6 is 7.82 Å². The van der Waals surface area contributed by atoms with Crippen molar-refractivity contribution < 1.29 is 37.6 Å². The summed E-state index contributed by atoms with van der Waals surface area (Å²) in [4.78, 5) is 35.0. The number of nitrogens with two attached hydrogens (primary N) is 1. The first-order valence-corrected chi connectivity index (χ1v) is 26.9. The molecule has 0 fully saturated rings. The number of phosphoric ester groups is 1. The van der Waals surface area contributed by atoms with Crippen LogP contribution in [0.15, 0.2) is 72.9 Å². The SMILES string of the molecule is CC/C=C\C/C=C\C/C=C\CCCCCCCCCC(=O)OCC(COP(=O)(O)OCCN)OC(=O)CCCCCCCCCCCC/C=C\C/C=C\C/C=C\CCCCCCC. The van der Waals surface area contributed by atoms with Crippen molar-refractivity contribution in [2.75, 3.05) is 26.4 Å². The monoisotopic (exact) mass is 904 g/mol. The Kier molecular flexibility index (Phi) is 46.9. The maximum Gasteiger partial charge on any atom is 0.472 e. The van der Waals surface area contributed by atoms with Gasteiger partial charge in [0.2, 0.25) is 0 Å². The van der Waals surface area contributed by atoms with E-state index in [1.54, 1.807) is 0 Å². The van der Waals surface area contributed by atoms with Crippen LogP contribution in [0.4, 0.5) is 0 Å². The Bertz CT molecular complexity index is 1260. The van der Waals surface area contributed by atoms with E-state index in [-0.39, 0.29) is 32.6 Å². The van der Waals surface area contributed by atoms with Gasteiger partial charge in [0.25, 0.3) is 0 Å². The van der Waals surface area contributed by atoms with E-state index < -0.39 is 32.5 Å². The maximum atomic E-state index is 12.7. The third-order valence-corrected chi connectivity index (χ3v) is 11.6. The van der Waals surface area contributed by atoms with Crippen LogP contribution in [0.25, 0.3) is 0 Å². The predicted octanol–water partition coefficient (Wildman–Crippen LogP) is 15.4. The van der Waals surface area contributed by atoms with Crippen LogP contribution in [0.5, 0.6) is 0 Å². The van der Waals surface area contributed by atoms with Crippen molar-refractivity contribution >= 4 is 19.8 Å². The molecule has 364 valence electrons. The van der Waals surface area contributed by atoms with Gasteiger partial charge in [0, 0.05) is 19.4 Å². The molecule has 0 bridgehead atoms. The molecule has 63 heavy (non-hydrogen) atoms. The number of allylic oxidation sites excluding steroid dienone is 12. The second-order valence-electron chi connectivity index (χ2n) is 16.7. The average Bonchev–Trinajstić information content (AvgIpc) is 3.27. The first kappa shape index (κ1) is 60.5. The Morgan fingerprint density at radius 3 is 1.30 bits per heavy atom. The third-order valence-electron chi connectivity index (χ3n) is 10.6. The smallest absolute Gasteiger partial charge is 0.462 e. The number of phosphoric acid groups is 1. The van der Waals surface area contributed by atoms with E-state index in [9.17, 15) is 19.0 Å². The molecule has 0 aliphatic heterocycles. The van der Waals surface area contributed by atoms with Crippen molar-refractivity contribution in [1.82, 2.24) is 0 Å². The number of ether oxygens (including phenoxy) is 2. The van der Waals surface area contributed by atoms with Crippen LogP contribution in [-0.2, 0) is 32.7 Å². The number of hydrogen-bond acceptors (Lipinski definition) is 8. The predicted molar refractivity (Wildman–Crippen MR) is 266 cm³/mol. The lowest BCUT2D eigenvalue weighted by molar-refractivity contribution is -0.161. The summed E-state index contributed by atoms with van der Waals surface area (Å²) in [5.74, 6) is -0.845. The Morgan fingerprint density at radius 1 is 0.492 bits per heavy atom. The number of rotatable bonds is 47. The Hall–Kier alpha value is -2.55. The fourth-order valence-electron chi connectivity index (χ4n) is 6.83. The van der Waals surface area contributed by atoms with E-state index in [4.69, 9.17) is 24.3 Å². The Balaban J connectivity index is 4.07. The van der Waals surface area contributed by atoms with Crippen molar-refractivity contribution in [3.63, 3.8) is 0 Å². The van der Waals surface area contributed by atoms with Gasteiger partial charge in [-0.05, 0) is 83.5 Å². The highest BCUT2D eigenvalue weighted by molar-refractivity contribution is 7.47. The summed E-state index contributed by atoms with van der Waals surface area (Å²) in [6.07, 6.45) is 60.8. The molecule has 0 aromatic heterocycles. The molecule has 0 rings (SSSR count). The second kappa shape index (κ2) is 48.9. The normalized spacial score (nSPS) is 13.8. The van der Waals surface area contributed by atoms with E-state index in [2.05, 4.69) is 86.8 Å². The molecule has 0 saturated carbocycles. The number of hydrogen-bond donors (Lipinski definition) is 2.